The second-order valence-corrected chi connectivity index (χ2v) is 12.7. The van der Waals surface area contributed by atoms with E-state index in [1.807, 2.05) is 0 Å². The molecule has 0 spiro atoms. The van der Waals surface area contributed by atoms with E-state index >= 15 is 0 Å². The first-order valence-corrected chi connectivity index (χ1v) is 18.5. The van der Waals surface area contributed by atoms with Gasteiger partial charge in [-0.05, 0) is 120 Å². The van der Waals surface area contributed by atoms with Gasteiger partial charge in [-0.25, -0.2) is 0 Å². The molecule has 2 heteroatoms. The van der Waals surface area contributed by atoms with Crippen LogP contribution in [0.3, 0.4) is 0 Å². The van der Waals surface area contributed by atoms with Crippen LogP contribution in [0, 0.1) is 0 Å². The van der Waals surface area contributed by atoms with Crippen molar-refractivity contribution < 1.29 is 4.79 Å². The fourth-order valence-corrected chi connectivity index (χ4v) is 7.08. The van der Waals surface area contributed by atoms with Gasteiger partial charge >= 0.3 is 5.87 Å². The van der Waals surface area contributed by atoms with E-state index in [1.165, 1.54) is 88.6 Å². The molecule has 44 heavy (non-hydrogen) atoms. The van der Waals surface area contributed by atoms with Crippen LogP contribution in [0.2, 0.25) is 0 Å². The van der Waals surface area contributed by atoms with Crippen LogP contribution in [0.5, 0.6) is 0 Å². The Morgan fingerprint density at radius 1 is 0.545 bits per heavy atom. The Kier molecular flexibility index (Phi) is 18.0. The first-order chi connectivity index (χ1) is 21.5. The van der Waals surface area contributed by atoms with Gasteiger partial charge in [0.2, 0.25) is 0 Å². The fraction of sp³-hybridized carbons (Fsp3) is 0.619. The van der Waals surface area contributed by atoms with Gasteiger partial charge in [-0.3, -0.25) is 0 Å². The van der Waals surface area contributed by atoms with Crippen molar-refractivity contribution in [3.05, 3.63) is 85.5 Å². The molecule has 0 saturated heterocycles. The molecule has 2 rings (SSSR count). The largest absolute Gasteiger partial charge is 0.348 e. The molecule has 2 nitrogen and oxygen atoms in total. The average Bonchev–Trinajstić information content (AvgIpc) is 3.03. The highest BCUT2D eigenvalue weighted by Crippen LogP contribution is 2.39. The first kappa shape index (κ1) is 37.5. The van der Waals surface area contributed by atoms with E-state index in [1.54, 1.807) is 5.56 Å². The predicted octanol–water partition coefficient (Wildman–Crippen LogP) is 12.4. The maximum absolute atomic E-state index is 9.91. The van der Waals surface area contributed by atoms with Crippen LogP contribution in [0.1, 0.15) is 177 Å². The van der Waals surface area contributed by atoms with Gasteiger partial charge in [-0.2, -0.15) is 0 Å². The Bertz CT molecular complexity index is 1230. The van der Waals surface area contributed by atoms with Crippen LogP contribution in [0.25, 0.3) is 11.1 Å². The summed E-state index contributed by atoms with van der Waals surface area (Å²) in [4.78, 5) is 3.56. The zero-order chi connectivity index (χ0) is 32.3. The molecule has 0 bridgehead atoms. The Balaban J connectivity index is 3.13. The van der Waals surface area contributed by atoms with Crippen LogP contribution in [0.4, 0.5) is 0 Å². The average molecular weight is 597 g/mol. The van der Waals surface area contributed by atoms with Gasteiger partial charge in [0.25, 0.3) is 0 Å². The third-order valence-corrected chi connectivity index (χ3v) is 9.26. The van der Waals surface area contributed by atoms with Gasteiger partial charge in [0, 0.05) is 0 Å². The van der Waals surface area contributed by atoms with Crippen LogP contribution >= 0.6 is 0 Å². The summed E-state index contributed by atoms with van der Waals surface area (Å²) in [5, 5.41) is 0. The second kappa shape index (κ2) is 21.1. The molecule has 0 fully saturated rings. The standard InChI is InChI=1S/C42H64N2/c1-9-17-19-21-25-36(31-44-43)41(26-20-18-10-2)42(37-27-32(14-6)39(16-8)33(15-7)28-37)38-29-34(22-11-3)40(24-13-5)35(30-38)23-12-4/h27-30H,9-26H2,1-8H3. The minimum Gasteiger partial charge on any atom is -0.348 e. The minimum atomic E-state index is 0.904. The highest BCUT2D eigenvalue weighted by atomic mass is 14.8. The van der Waals surface area contributed by atoms with E-state index in [2.05, 4.69) is 90.3 Å². The third-order valence-electron chi connectivity index (χ3n) is 9.26. The molecule has 0 heterocycles. The zero-order valence-electron chi connectivity index (χ0n) is 29.9. The number of benzene rings is 2. The van der Waals surface area contributed by atoms with Gasteiger partial charge in [-0.15, -0.1) is 4.79 Å². The Labute approximate surface area is 272 Å². The molecule has 2 aromatic carbocycles. The number of nitrogens with zero attached hydrogens (tertiary/aromatic N) is 2. The number of hydrogen-bond donors (Lipinski definition) is 0. The van der Waals surface area contributed by atoms with E-state index in [9.17, 15) is 5.53 Å². The van der Waals surface area contributed by atoms with Crippen LogP contribution in [0.15, 0.2) is 35.4 Å². The van der Waals surface area contributed by atoms with Gasteiger partial charge in [0.1, 0.15) is 0 Å². The molecule has 0 saturated carbocycles. The maximum Gasteiger partial charge on any atom is 0.303 e. The van der Waals surface area contributed by atoms with Crippen molar-refractivity contribution in [3.63, 3.8) is 0 Å². The van der Waals surface area contributed by atoms with Crippen molar-refractivity contribution in [3.8, 4) is 0 Å². The normalized spacial score (nSPS) is 11.7. The number of rotatable bonds is 21. The van der Waals surface area contributed by atoms with Crippen LogP contribution < -0.4 is 0 Å². The van der Waals surface area contributed by atoms with E-state index in [-0.39, 0.29) is 0 Å². The molecule has 0 unspecified atom stereocenters. The van der Waals surface area contributed by atoms with E-state index in [4.69, 9.17) is 0 Å². The second-order valence-electron chi connectivity index (χ2n) is 12.7. The van der Waals surface area contributed by atoms with Crippen LogP contribution in [-0.4, -0.2) is 10.7 Å². The summed E-state index contributed by atoms with van der Waals surface area (Å²) in [6.07, 6.45) is 20.2. The van der Waals surface area contributed by atoms with Gasteiger partial charge in [0.05, 0.1) is 5.57 Å². The molecule has 242 valence electrons. The Morgan fingerprint density at radius 3 is 1.50 bits per heavy atom. The topological polar surface area (TPSA) is 36.4 Å². The van der Waals surface area contributed by atoms with Crippen molar-refractivity contribution >= 4 is 11.4 Å². The zero-order valence-corrected chi connectivity index (χ0v) is 29.9. The van der Waals surface area contributed by atoms with Crippen molar-refractivity contribution in [1.29, 1.82) is 0 Å². The summed E-state index contributed by atoms with van der Waals surface area (Å²) >= 11 is 0. The van der Waals surface area contributed by atoms with Gasteiger partial charge < -0.3 is 5.53 Å². The summed E-state index contributed by atoms with van der Waals surface area (Å²) in [7, 11) is 0. The summed E-state index contributed by atoms with van der Waals surface area (Å²) in [5.41, 5.74) is 25.5. The van der Waals surface area contributed by atoms with Gasteiger partial charge in [-0.1, -0.05) is 131 Å². The summed E-state index contributed by atoms with van der Waals surface area (Å²) in [5.74, 6) is 3.14. The predicted molar refractivity (Wildman–Crippen MR) is 194 cm³/mol. The minimum absolute atomic E-state index is 0.904. The molecular formula is C42H64N2. The third kappa shape index (κ3) is 10.5. The quantitative estimate of drug-likeness (QED) is 0.0452. The highest BCUT2D eigenvalue weighted by Gasteiger charge is 2.22. The lowest BCUT2D eigenvalue weighted by atomic mass is 9.80. The highest BCUT2D eigenvalue weighted by molar-refractivity contribution is 5.88. The summed E-state index contributed by atoms with van der Waals surface area (Å²) in [6, 6.07) is 10.1. The van der Waals surface area contributed by atoms with Crippen molar-refractivity contribution in [2.24, 2.45) is 0 Å². The lowest BCUT2D eigenvalue weighted by molar-refractivity contribution is 0.00739. The SMILES string of the molecule is CCCCCCC(=C=[N+]=[N-])C(CCCCC)=C(c1cc(CC)c(CC)c(CC)c1)c1cc(CCC)c(CCC)c(CCC)c1. The lowest BCUT2D eigenvalue weighted by Gasteiger charge is -2.23. The number of allylic oxidation sites excluding steroid dienone is 2. The molecule has 0 atom stereocenters. The number of aryl methyl sites for hydroxylation is 4. The summed E-state index contributed by atoms with van der Waals surface area (Å²) in [6.45, 7) is 18.4. The number of unbranched alkanes of at least 4 members (excludes halogenated alkanes) is 5. The van der Waals surface area contributed by atoms with E-state index in [0.717, 1.165) is 82.6 Å². The van der Waals surface area contributed by atoms with Crippen molar-refractivity contribution in [1.82, 2.24) is 0 Å². The molecule has 0 aliphatic carbocycles. The van der Waals surface area contributed by atoms with E-state index < -0.39 is 0 Å². The molecule has 0 N–H and O–H groups in total. The van der Waals surface area contributed by atoms with Crippen molar-refractivity contribution in [2.75, 3.05) is 0 Å². The number of hydrogen-bond acceptors (Lipinski definition) is 0. The summed E-state index contributed by atoms with van der Waals surface area (Å²) < 4.78 is 0. The first-order valence-electron chi connectivity index (χ1n) is 18.5. The smallest absolute Gasteiger partial charge is 0.303 e. The molecular weight excluding hydrogens is 532 g/mol. The monoisotopic (exact) mass is 597 g/mol. The van der Waals surface area contributed by atoms with Crippen LogP contribution in [-0.2, 0) is 38.5 Å². The Hall–Kier alpha value is -2.66. The Morgan fingerprint density at radius 2 is 1.05 bits per heavy atom. The molecule has 0 aliphatic rings. The van der Waals surface area contributed by atoms with Crippen molar-refractivity contribution in [2.45, 2.75) is 171 Å². The molecule has 0 radical (unpaired) electrons. The van der Waals surface area contributed by atoms with Gasteiger partial charge in [0.15, 0.2) is 0 Å². The molecule has 0 aromatic heterocycles. The molecule has 0 amide bonds. The fourth-order valence-electron chi connectivity index (χ4n) is 7.08. The lowest BCUT2D eigenvalue weighted by Crippen LogP contribution is -2.07. The molecule has 2 aromatic rings. The maximum atomic E-state index is 9.91. The van der Waals surface area contributed by atoms with E-state index in [0.29, 0.717) is 0 Å². The molecule has 0 aliphatic heterocycles.